The molecule has 0 saturated carbocycles. The van der Waals surface area contributed by atoms with Crippen LogP contribution >= 0.6 is 11.3 Å². The van der Waals surface area contributed by atoms with Crippen LogP contribution in [0.5, 0.6) is 0 Å². The number of hydrogen-bond acceptors (Lipinski definition) is 8. The minimum Gasteiger partial charge on any atom is -0.465 e. The summed E-state index contributed by atoms with van der Waals surface area (Å²) in [5, 5.41) is 14.7. The fourth-order valence-corrected chi connectivity index (χ4v) is 4.07. The van der Waals surface area contributed by atoms with Gasteiger partial charge in [-0.05, 0) is 19.7 Å². The fraction of sp³-hybridized carbons (Fsp3) is 0.167. The van der Waals surface area contributed by atoms with Crippen molar-refractivity contribution in [3.05, 3.63) is 77.3 Å². The Morgan fingerprint density at radius 1 is 1.00 bits per heavy atom. The molecule has 4 rings (SSSR count). The molecular formula is C24H23N5O2S. The van der Waals surface area contributed by atoms with Gasteiger partial charge in [-0.1, -0.05) is 60.7 Å². The molecule has 7 nitrogen and oxygen atoms in total. The summed E-state index contributed by atoms with van der Waals surface area (Å²) in [6.45, 7) is 0.718. The Balaban J connectivity index is 1.88. The van der Waals surface area contributed by atoms with Gasteiger partial charge in [0.2, 0.25) is 0 Å². The Morgan fingerprint density at radius 3 is 2.28 bits per heavy atom. The molecule has 0 amide bonds. The van der Waals surface area contributed by atoms with Gasteiger partial charge in [0.15, 0.2) is 10.9 Å². The highest BCUT2D eigenvalue weighted by molar-refractivity contribution is 7.13. The first-order valence-electron chi connectivity index (χ1n) is 10.0. The van der Waals surface area contributed by atoms with Gasteiger partial charge in [-0.2, -0.15) is 0 Å². The van der Waals surface area contributed by atoms with Gasteiger partial charge in [-0.15, -0.1) is 21.5 Å². The van der Waals surface area contributed by atoms with E-state index < -0.39 is 5.97 Å². The lowest BCUT2D eigenvalue weighted by molar-refractivity contribution is 0.0602. The second-order valence-corrected chi connectivity index (χ2v) is 8.24. The number of ether oxygens (including phenoxy) is 1. The molecule has 0 aliphatic heterocycles. The molecule has 0 aliphatic carbocycles. The van der Waals surface area contributed by atoms with E-state index in [-0.39, 0.29) is 0 Å². The minimum atomic E-state index is -0.497. The lowest BCUT2D eigenvalue weighted by Gasteiger charge is -2.16. The molecule has 2 aromatic carbocycles. The number of aromatic nitrogens is 3. The average Bonchev–Trinajstić information content (AvgIpc) is 3.25. The van der Waals surface area contributed by atoms with E-state index in [9.17, 15) is 4.79 Å². The number of esters is 1. The molecule has 4 aromatic rings. The third kappa shape index (κ3) is 4.66. The minimum absolute atomic E-state index is 0.307. The summed E-state index contributed by atoms with van der Waals surface area (Å²) in [6.07, 6.45) is 0. The molecule has 0 unspecified atom stereocenters. The number of nitrogens with one attached hydrogen (secondary N) is 1. The second kappa shape index (κ2) is 9.67. The molecule has 1 N–H and O–H groups in total. The lowest BCUT2D eigenvalue weighted by Crippen LogP contribution is -2.13. The van der Waals surface area contributed by atoms with Crippen LogP contribution in [0, 0.1) is 0 Å². The molecule has 0 aliphatic rings. The predicted octanol–water partition coefficient (Wildman–Crippen LogP) is 4.86. The zero-order valence-corrected chi connectivity index (χ0v) is 18.9. The maximum Gasteiger partial charge on any atom is 0.342 e. The van der Waals surface area contributed by atoms with Crippen LogP contribution in [0.3, 0.4) is 0 Å². The molecule has 2 aromatic heterocycles. The van der Waals surface area contributed by atoms with Gasteiger partial charge in [0.05, 0.1) is 12.8 Å². The topological polar surface area (TPSA) is 80.2 Å². The Kier molecular flexibility index (Phi) is 6.53. The summed E-state index contributed by atoms with van der Waals surface area (Å²) in [5.74, 6) is -0.190. The zero-order valence-electron chi connectivity index (χ0n) is 18.1. The van der Waals surface area contributed by atoms with Crippen molar-refractivity contribution in [3.63, 3.8) is 0 Å². The highest BCUT2D eigenvalue weighted by Gasteiger charge is 2.25. The number of carbonyl (C=O) groups is 1. The van der Waals surface area contributed by atoms with Crippen LogP contribution in [0.4, 0.5) is 10.9 Å². The number of carbonyl (C=O) groups excluding carboxylic acids is 1. The highest BCUT2D eigenvalue weighted by atomic mass is 32.1. The van der Waals surface area contributed by atoms with E-state index in [0.717, 1.165) is 23.4 Å². The number of methoxy groups -OCH3 is 1. The summed E-state index contributed by atoms with van der Waals surface area (Å²) in [4.78, 5) is 19.6. The number of anilines is 2. The molecule has 0 spiro atoms. The van der Waals surface area contributed by atoms with Gasteiger partial charge in [0, 0.05) is 23.1 Å². The van der Waals surface area contributed by atoms with E-state index in [1.54, 1.807) is 0 Å². The average molecular weight is 446 g/mol. The van der Waals surface area contributed by atoms with Crippen LogP contribution in [0.2, 0.25) is 0 Å². The van der Waals surface area contributed by atoms with Gasteiger partial charge in [-0.3, -0.25) is 0 Å². The summed E-state index contributed by atoms with van der Waals surface area (Å²) in [6, 6.07) is 19.3. The quantitative estimate of drug-likeness (QED) is 0.407. The van der Waals surface area contributed by atoms with E-state index in [1.807, 2.05) is 85.0 Å². The smallest absolute Gasteiger partial charge is 0.342 e. The Bertz CT molecular complexity index is 1210. The van der Waals surface area contributed by atoms with Crippen LogP contribution in [0.1, 0.15) is 16.1 Å². The molecule has 0 bridgehead atoms. The molecule has 0 radical (unpaired) electrons. The Morgan fingerprint density at radius 2 is 1.66 bits per heavy atom. The van der Waals surface area contributed by atoms with Gasteiger partial charge in [0.1, 0.15) is 11.3 Å². The molecule has 0 fully saturated rings. The first-order valence-corrected chi connectivity index (χ1v) is 10.9. The van der Waals surface area contributed by atoms with Crippen molar-refractivity contribution in [2.75, 3.05) is 26.5 Å². The SMILES string of the molecule is COC(=O)c1c(Nc2nc(CN(C)C)cs2)nnc(-c2ccccc2)c1-c1ccccc1. The van der Waals surface area contributed by atoms with Crippen LogP contribution < -0.4 is 5.32 Å². The lowest BCUT2D eigenvalue weighted by atomic mass is 9.95. The maximum atomic E-state index is 13.0. The Labute approximate surface area is 190 Å². The molecule has 2 heterocycles. The highest BCUT2D eigenvalue weighted by Crippen LogP contribution is 2.37. The van der Waals surface area contributed by atoms with Crippen molar-refractivity contribution in [3.8, 4) is 22.4 Å². The summed E-state index contributed by atoms with van der Waals surface area (Å²) in [5.41, 5.74) is 4.22. The van der Waals surface area contributed by atoms with Crippen molar-refractivity contribution in [2.45, 2.75) is 6.54 Å². The monoisotopic (exact) mass is 445 g/mol. The van der Waals surface area contributed by atoms with Crippen molar-refractivity contribution < 1.29 is 9.53 Å². The molecule has 8 heteroatoms. The van der Waals surface area contributed by atoms with E-state index >= 15 is 0 Å². The first-order chi connectivity index (χ1) is 15.6. The van der Waals surface area contributed by atoms with E-state index in [2.05, 4.69) is 20.5 Å². The van der Waals surface area contributed by atoms with E-state index in [1.165, 1.54) is 18.4 Å². The maximum absolute atomic E-state index is 13.0. The van der Waals surface area contributed by atoms with Gasteiger partial charge in [0.25, 0.3) is 0 Å². The van der Waals surface area contributed by atoms with Crippen LogP contribution in [-0.2, 0) is 11.3 Å². The van der Waals surface area contributed by atoms with Crippen LogP contribution in [0.25, 0.3) is 22.4 Å². The van der Waals surface area contributed by atoms with Crippen molar-refractivity contribution in [2.24, 2.45) is 0 Å². The third-order valence-electron chi connectivity index (χ3n) is 4.73. The summed E-state index contributed by atoms with van der Waals surface area (Å²) >= 11 is 1.45. The fourth-order valence-electron chi connectivity index (χ4n) is 3.37. The summed E-state index contributed by atoms with van der Waals surface area (Å²) in [7, 11) is 5.34. The van der Waals surface area contributed by atoms with Crippen molar-refractivity contribution in [1.29, 1.82) is 0 Å². The molecule has 0 saturated heterocycles. The van der Waals surface area contributed by atoms with Crippen LogP contribution in [-0.4, -0.2) is 47.3 Å². The number of thiazole rings is 1. The van der Waals surface area contributed by atoms with Crippen molar-refractivity contribution >= 4 is 28.3 Å². The molecule has 0 atom stereocenters. The molecule has 162 valence electrons. The molecule has 32 heavy (non-hydrogen) atoms. The number of hydrogen-bond donors (Lipinski definition) is 1. The zero-order chi connectivity index (χ0) is 22.5. The number of benzene rings is 2. The van der Waals surface area contributed by atoms with E-state index in [0.29, 0.717) is 27.8 Å². The largest absolute Gasteiger partial charge is 0.465 e. The normalized spacial score (nSPS) is 10.9. The summed E-state index contributed by atoms with van der Waals surface area (Å²) < 4.78 is 5.16. The number of rotatable bonds is 7. The van der Waals surface area contributed by atoms with Gasteiger partial charge in [-0.25, -0.2) is 9.78 Å². The van der Waals surface area contributed by atoms with Crippen molar-refractivity contribution in [1.82, 2.24) is 20.1 Å². The predicted molar refractivity (Wildman–Crippen MR) is 127 cm³/mol. The van der Waals surface area contributed by atoms with Gasteiger partial charge < -0.3 is 15.0 Å². The van der Waals surface area contributed by atoms with Gasteiger partial charge >= 0.3 is 5.97 Å². The second-order valence-electron chi connectivity index (χ2n) is 7.38. The number of nitrogens with zero attached hydrogens (tertiary/aromatic N) is 4. The molecular weight excluding hydrogens is 422 g/mol. The standard InChI is InChI=1S/C24H23N5O2S/c1-29(2)14-18-15-32-24(25-18)26-22-20(23(30)31-3)19(16-10-6-4-7-11-16)21(27-28-22)17-12-8-5-9-13-17/h4-13,15H,14H2,1-3H3,(H,25,26,28). The Hall–Kier alpha value is -3.62. The van der Waals surface area contributed by atoms with E-state index in [4.69, 9.17) is 4.74 Å². The van der Waals surface area contributed by atoms with Crippen LogP contribution in [0.15, 0.2) is 66.0 Å². The first kappa shape index (κ1) is 21.6. The third-order valence-corrected chi connectivity index (χ3v) is 5.53.